The number of nitrogens with zero attached hydrogens (tertiary/aromatic N) is 1. The van der Waals surface area contributed by atoms with E-state index in [-0.39, 0.29) is 11.9 Å². The number of aryl methyl sites for hydroxylation is 1. The Kier molecular flexibility index (Phi) is 5.02. The Morgan fingerprint density at radius 3 is 2.46 bits per heavy atom. The van der Waals surface area contributed by atoms with Gasteiger partial charge in [-0.15, -0.1) is 0 Å². The van der Waals surface area contributed by atoms with Crippen LogP contribution in [0.1, 0.15) is 23.6 Å². The molecule has 0 saturated carbocycles. The van der Waals surface area contributed by atoms with E-state index in [1.807, 2.05) is 73.9 Å². The Hall–Kier alpha value is -2.52. The first-order valence-corrected chi connectivity index (χ1v) is 8.24. The Bertz CT molecular complexity index is 813. The molecule has 1 aromatic heterocycles. The summed E-state index contributed by atoms with van der Waals surface area (Å²) in [5.41, 5.74) is 2.86. The van der Waals surface area contributed by atoms with Gasteiger partial charge in [0.15, 0.2) is 0 Å². The number of carbonyl (C=O) groups is 1. The highest BCUT2D eigenvalue weighted by Gasteiger charge is 2.17. The molecule has 3 aromatic rings. The first-order chi connectivity index (χ1) is 11.6. The van der Waals surface area contributed by atoms with Gasteiger partial charge in [0.25, 0.3) is 0 Å². The van der Waals surface area contributed by atoms with Crippen LogP contribution in [0.5, 0.6) is 0 Å². The lowest BCUT2D eigenvalue weighted by Crippen LogP contribution is -2.20. The molecule has 4 heteroatoms. The number of carbonyl (C=O) groups excluding carboxylic acids is 1. The Labute approximate surface area is 146 Å². The monoisotopic (exact) mass is 338 g/mol. The third kappa shape index (κ3) is 3.87. The molecule has 0 bridgehead atoms. The first kappa shape index (κ1) is 16.3. The van der Waals surface area contributed by atoms with Crippen molar-refractivity contribution < 1.29 is 4.79 Å². The van der Waals surface area contributed by atoms with Gasteiger partial charge in [-0.3, -0.25) is 4.79 Å². The SMILES string of the molecule is Cc1cc(Cl)ccc1NC(=O)CC(c1ccccc1)n1cccc1. The van der Waals surface area contributed by atoms with Crippen LogP contribution < -0.4 is 5.32 Å². The number of hydrogen-bond acceptors (Lipinski definition) is 1. The molecule has 3 nitrogen and oxygen atoms in total. The fraction of sp³-hybridized carbons (Fsp3) is 0.150. The number of hydrogen-bond donors (Lipinski definition) is 1. The largest absolute Gasteiger partial charge is 0.346 e. The molecule has 122 valence electrons. The van der Waals surface area contributed by atoms with Crippen LogP contribution in [-0.4, -0.2) is 10.5 Å². The van der Waals surface area contributed by atoms with Crippen molar-refractivity contribution in [2.45, 2.75) is 19.4 Å². The lowest BCUT2D eigenvalue weighted by molar-refractivity contribution is -0.116. The number of rotatable bonds is 5. The second-order valence-electron chi connectivity index (χ2n) is 5.77. The van der Waals surface area contributed by atoms with E-state index in [1.165, 1.54) is 0 Å². The van der Waals surface area contributed by atoms with Crippen LogP contribution in [-0.2, 0) is 4.79 Å². The standard InChI is InChI=1S/C20H19ClN2O/c1-15-13-17(21)9-10-18(15)22-20(24)14-19(23-11-5-6-12-23)16-7-3-2-4-8-16/h2-13,19H,14H2,1H3,(H,22,24). The Morgan fingerprint density at radius 1 is 1.08 bits per heavy atom. The zero-order chi connectivity index (χ0) is 16.9. The maximum atomic E-state index is 12.6. The van der Waals surface area contributed by atoms with Crippen molar-refractivity contribution in [1.29, 1.82) is 0 Å². The molecule has 0 radical (unpaired) electrons. The topological polar surface area (TPSA) is 34.0 Å². The normalized spacial score (nSPS) is 11.9. The van der Waals surface area contributed by atoms with Crippen molar-refractivity contribution in [2.75, 3.05) is 5.32 Å². The molecule has 0 aliphatic rings. The highest BCUT2D eigenvalue weighted by atomic mass is 35.5. The Balaban J connectivity index is 1.79. The van der Waals surface area contributed by atoms with Crippen molar-refractivity contribution in [3.05, 3.63) is 89.2 Å². The van der Waals surface area contributed by atoms with E-state index in [4.69, 9.17) is 11.6 Å². The fourth-order valence-electron chi connectivity index (χ4n) is 2.77. The van der Waals surface area contributed by atoms with Gasteiger partial charge in [0.2, 0.25) is 5.91 Å². The summed E-state index contributed by atoms with van der Waals surface area (Å²) in [5.74, 6) is -0.0250. The predicted molar refractivity (Wildman–Crippen MR) is 98.4 cm³/mol. The first-order valence-electron chi connectivity index (χ1n) is 7.87. The Morgan fingerprint density at radius 2 is 1.79 bits per heavy atom. The summed E-state index contributed by atoms with van der Waals surface area (Å²) in [6, 6.07) is 19.4. The molecular weight excluding hydrogens is 320 g/mol. The van der Waals surface area contributed by atoms with E-state index in [0.717, 1.165) is 16.8 Å². The molecule has 1 heterocycles. The van der Waals surface area contributed by atoms with Crippen LogP contribution in [0.15, 0.2) is 73.1 Å². The van der Waals surface area contributed by atoms with E-state index in [1.54, 1.807) is 6.07 Å². The second kappa shape index (κ2) is 7.37. The summed E-state index contributed by atoms with van der Waals surface area (Å²) in [5, 5.41) is 3.66. The highest BCUT2D eigenvalue weighted by molar-refractivity contribution is 6.30. The third-order valence-corrected chi connectivity index (χ3v) is 4.25. The van der Waals surface area contributed by atoms with Crippen LogP contribution in [0, 0.1) is 6.92 Å². The molecule has 1 N–H and O–H groups in total. The average molecular weight is 339 g/mol. The van der Waals surface area contributed by atoms with E-state index in [0.29, 0.717) is 11.4 Å². The summed E-state index contributed by atoms with van der Waals surface area (Å²) < 4.78 is 2.06. The number of anilines is 1. The number of amides is 1. The van der Waals surface area contributed by atoms with Crippen LogP contribution in [0.2, 0.25) is 5.02 Å². The quantitative estimate of drug-likeness (QED) is 0.692. The molecule has 0 saturated heterocycles. The van der Waals surface area contributed by atoms with Crippen molar-refractivity contribution >= 4 is 23.2 Å². The van der Waals surface area contributed by atoms with E-state index in [9.17, 15) is 4.79 Å². The van der Waals surface area contributed by atoms with Crippen molar-refractivity contribution in [3.63, 3.8) is 0 Å². The molecule has 2 aromatic carbocycles. The molecule has 0 fully saturated rings. The molecule has 1 unspecified atom stereocenters. The smallest absolute Gasteiger partial charge is 0.226 e. The minimum Gasteiger partial charge on any atom is -0.346 e. The predicted octanol–water partition coefficient (Wildman–Crippen LogP) is 5.07. The van der Waals surface area contributed by atoms with Crippen LogP contribution >= 0.6 is 11.6 Å². The van der Waals surface area contributed by atoms with Gasteiger partial charge in [-0.05, 0) is 48.4 Å². The molecule has 1 atom stereocenters. The van der Waals surface area contributed by atoms with Crippen molar-refractivity contribution in [1.82, 2.24) is 4.57 Å². The van der Waals surface area contributed by atoms with Crippen LogP contribution in [0.25, 0.3) is 0 Å². The van der Waals surface area contributed by atoms with Crippen molar-refractivity contribution in [2.24, 2.45) is 0 Å². The zero-order valence-electron chi connectivity index (χ0n) is 13.4. The minimum atomic E-state index is -0.0335. The lowest BCUT2D eigenvalue weighted by Gasteiger charge is -2.19. The van der Waals surface area contributed by atoms with Gasteiger partial charge in [0.1, 0.15) is 0 Å². The summed E-state index contributed by atoms with van der Waals surface area (Å²) in [6.07, 6.45) is 4.33. The summed E-state index contributed by atoms with van der Waals surface area (Å²) in [7, 11) is 0. The van der Waals surface area contributed by atoms with Gasteiger partial charge >= 0.3 is 0 Å². The van der Waals surface area contributed by atoms with E-state index < -0.39 is 0 Å². The highest BCUT2D eigenvalue weighted by Crippen LogP contribution is 2.24. The van der Waals surface area contributed by atoms with E-state index >= 15 is 0 Å². The maximum Gasteiger partial charge on any atom is 0.226 e. The van der Waals surface area contributed by atoms with Gasteiger partial charge in [-0.2, -0.15) is 0 Å². The van der Waals surface area contributed by atoms with Gasteiger partial charge in [-0.1, -0.05) is 41.9 Å². The van der Waals surface area contributed by atoms with Gasteiger partial charge in [-0.25, -0.2) is 0 Å². The third-order valence-electron chi connectivity index (χ3n) is 4.01. The van der Waals surface area contributed by atoms with Crippen LogP contribution in [0.3, 0.4) is 0 Å². The molecule has 0 spiro atoms. The minimum absolute atomic E-state index is 0.0250. The maximum absolute atomic E-state index is 12.6. The molecule has 1 amide bonds. The van der Waals surface area contributed by atoms with Gasteiger partial charge < -0.3 is 9.88 Å². The molecule has 0 aliphatic carbocycles. The number of nitrogens with one attached hydrogen (secondary N) is 1. The summed E-state index contributed by atoms with van der Waals surface area (Å²) in [4.78, 5) is 12.6. The fourth-order valence-corrected chi connectivity index (χ4v) is 3.00. The molecular formula is C20H19ClN2O. The van der Waals surface area contributed by atoms with Gasteiger partial charge in [0.05, 0.1) is 12.5 Å². The van der Waals surface area contributed by atoms with E-state index in [2.05, 4.69) is 9.88 Å². The second-order valence-corrected chi connectivity index (χ2v) is 6.20. The lowest BCUT2D eigenvalue weighted by atomic mass is 10.0. The molecule has 24 heavy (non-hydrogen) atoms. The molecule has 3 rings (SSSR count). The molecule has 0 aliphatic heterocycles. The van der Waals surface area contributed by atoms with Gasteiger partial charge in [0, 0.05) is 23.1 Å². The number of benzene rings is 2. The summed E-state index contributed by atoms with van der Waals surface area (Å²) in [6.45, 7) is 1.93. The van der Waals surface area contributed by atoms with Crippen LogP contribution in [0.4, 0.5) is 5.69 Å². The zero-order valence-corrected chi connectivity index (χ0v) is 14.2. The summed E-state index contributed by atoms with van der Waals surface area (Å²) >= 11 is 5.97. The van der Waals surface area contributed by atoms with Crippen molar-refractivity contribution in [3.8, 4) is 0 Å². The average Bonchev–Trinajstić information content (AvgIpc) is 3.10. The number of aromatic nitrogens is 1. The number of halogens is 1.